The second kappa shape index (κ2) is 5.87. The van der Waals surface area contributed by atoms with Gasteiger partial charge < -0.3 is 9.73 Å². The Morgan fingerprint density at radius 3 is 2.75 bits per heavy atom. The lowest BCUT2D eigenvalue weighted by Crippen LogP contribution is -2.16. The van der Waals surface area contributed by atoms with Crippen LogP contribution >= 0.6 is 15.9 Å². The van der Waals surface area contributed by atoms with E-state index in [0.29, 0.717) is 6.04 Å². The fourth-order valence-corrected chi connectivity index (χ4v) is 2.96. The Morgan fingerprint density at radius 2 is 2.19 bits per heavy atom. The standard InChI is InChI=1S/C13H20BrNO/c1-15-11(12-8-9-13(14)16-12)7-6-10-4-2-3-5-10/h8-11,15H,2-7H2,1H3. The molecule has 1 unspecified atom stereocenters. The zero-order valence-corrected chi connectivity index (χ0v) is 11.4. The lowest BCUT2D eigenvalue weighted by atomic mass is 9.97. The number of halogens is 1. The van der Waals surface area contributed by atoms with E-state index in [4.69, 9.17) is 4.42 Å². The molecule has 1 atom stereocenters. The van der Waals surface area contributed by atoms with Crippen LogP contribution in [0.4, 0.5) is 0 Å². The molecule has 1 saturated carbocycles. The van der Waals surface area contributed by atoms with Gasteiger partial charge in [-0.3, -0.25) is 0 Å². The van der Waals surface area contributed by atoms with Crippen LogP contribution in [0.15, 0.2) is 21.2 Å². The van der Waals surface area contributed by atoms with E-state index in [1.165, 1.54) is 38.5 Å². The molecule has 0 amide bonds. The Kier molecular flexibility index (Phi) is 4.47. The summed E-state index contributed by atoms with van der Waals surface area (Å²) in [7, 11) is 2.01. The largest absolute Gasteiger partial charge is 0.453 e. The second-order valence-electron chi connectivity index (χ2n) is 4.71. The molecule has 16 heavy (non-hydrogen) atoms. The minimum atomic E-state index is 0.367. The quantitative estimate of drug-likeness (QED) is 0.874. The molecule has 0 radical (unpaired) electrons. The van der Waals surface area contributed by atoms with Crippen LogP contribution in [0, 0.1) is 5.92 Å². The maximum absolute atomic E-state index is 5.61. The van der Waals surface area contributed by atoms with E-state index in [1.807, 2.05) is 13.1 Å². The summed E-state index contributed by atoms with van der Waals surface area (Å²) >= 11 is 3.35. The first kappa shape index (κ1) is 12.2. The lowest BCUT2D eigenvalue weighted by Gasteiger charge is -2.16. The summed E-state index contributed by atoms with van der Waals surface area (Å²) in [6.45, 7) is 0. The fraction of sp³-hybridized carbons (Fsp3) is 0.692. The fourth-order valence-electron chi connectivity index (χ4n) is 2.65. The van der Waals surface area contributed by atoms with Crippen molar-refractivity contribution < 1.29 is 4.42 Å². The minimum Gasteiger partial charge on any atom is -0.453 e. The van der Waals surface area contributed by atoms with Crippen LogP contribution in [0.3, 0.4) is 0 Å². The molecule has 0 aromatic carbocycles. The second-order valence-corrected chi connectivity index (χ2v) is 5.49. The number of hydrogen-bond donors (Lipinski definition) is 1. The molecule has 0 aliphatic heterocycles. The van der Waals surface area contributed by atoms with Crippen molar-refractivity contribution in [2.24, 2.45) is 5.92 Å². The summed E-state index contributed by atoms with van der Waals surface area (Å²) < 4.78 is 6.43. The van der Waals surface area contributed by atoms with Crippen LogP contribution in [0.2, 0.25) is 0 Å². The number of nitrogens with one attached hydrogen (secondary N) is 1. The number of rotatable bonds is 5. The summed E-state index contributed by atoms with van der Waals surface area (Å²) in [5.74, 6) is 2.00. The highest BCUT2D eigenvalue weighted by Crippen LogP contribution is 2.32. The molecule has 1 N–H and O–H groups in total. The zero-order valence-electron chi connectivity index (χ0n) is 9.84. The molecule has 2 rings (SSSR count). The van der Waals surface area contributed by atoms with Gasteiger partial charge >= 0.3 is 0 Å². The van der Waals surface area contributed by atoms with E-state index < -0.39 is 0 Å². The van der Waals surface area contributed by atoms with Crippen molar-refractivity contribution in [2.45, 2.75) is 44.6 Å². The van der Waals surface area contributed by atoms with Gasteiger partial charge in [-0.2, -0.15) is 0 Å². The third-order valence-electron chi connectivity index (χ3n) is 3.62. The Morgan fingerprint density at radius 1 is 1.44 bits per heavy atom. The van der Waals surface area contributed by atoms with Crippen molar-refractivity contribution in [1.82, 2.24) is 5.32 Å². The van der Waals surface area contributed by atoms with Crippen LogP contribution in [0.25, 0.3) is 0 Å². The summed E-state index contributed by atoms with van der Waals surface area (Å²) in [6, 6.07) is 4.39. The summed E-state index contributed by atoms with van der Waals surface area (Å²) in [5.41, 5.74) is 0. The summed E-state index contributed by atoms with van der Waals surface area (Å²) in [5, 5.41) is 3.34. The Hall–Kier alpha value is -0.280. The average molecular weight is 286 g/mol. The maximum Gasteiger partial charge on any atom is 0.169 e. The van der Waals surface area contributed by atoms with Crippen LogP contribution < -0.4 is 5.32 Å². The molecule has 1 aliphatic carbocycles. The highest BCUT2D eigenvalue weighted by molar-refractivity contribution is 9.10. The third-order valence-corrected chi connectivity index (χ3v) is 4.05. The number of furan rings is 1. The first-order valence-corrected chi connectivity index (χ1v) is 7.01. The van der Waals surface area contributed by atoms with Gasteiger partial charge in [0.15, 0.2) is 4.67 Å². The van der Waals surface area contributed by atoms with Gasteiger partial charge in [0.1, 0.15) is 5.76 Å². The van der Waals surface area contributed by atoms with E-state index in [9.17, 15) is 0 Å². The first-order chi connectivity index (χ1) is 7.79. The van der Waals surface area contributed by atoms with Crippen molar-refractivity contribution in [3.8, 4) is 0 Å². The molecule has 3 heteroatoms. The summed E-state index contributed by atoms with van der Waals surface area (Å²) in [6.07, 6.45) is 8.23. The Bertz CT molecular complexity index is 317. The predicted octanol–water partition coefficient (Wildman–Crippen LogP) is 4.27. The van der Waals surface area contributed by atoms with Crippen molar-refractivity contribution in [1.29, 1.82) is 0 Å². The zero-order chi connectivity index (χ0) is 11.4. The normalized spacial score (nSPS) is 19.1. The van der Waals surface area contributed by atoms with Crippen LogP contribution in [-0.2, 0) is 0 Å². The molecule has 0 saturated heterocycles. The molecule has 1 heterocycles. The van der Waals surface area contributed by atoms with Gasteiger partial charge in [0.2, 0.25) is 0 Å². The topological polar surface area (TPSA) is 25.2 Å². The molecule has 0 bridgehead atoms. The highest BCUT2D eigenvalue weighted by atomic mass is 79.9. The molecule has 1 aromatic heterocycles. The van der Waals surface area contributed by atoms with Gasteiger partial charge in [0.25, 0.3) is 0 Å². The van der Waals surface area contributed by atoms with Gasteiger partial charge in [0, 0.05) is 0 Å². The van der Waals surface area contributed by atoms with Gasteiger partial charge in [-0.25, -0.2) is 0 Å². The molecule has 90 valence electrons. The van der Waals surface area contributed by atoms with Gasteiger partial charge in [-0.1, -0.05) is 25.7 Å². The van der Waals surface area contributed by atoms with E-state index in [-0.39, 0.29) is 0 Å². The molecule has 1 aliphatic rings. The van der Waals surface area contributed by atoms with E-state index in [0.717, 1.165) is 16.3 Å². The SMILES string of the molecule is CNC(CCC1CCCC1)c1ccc(Br)o1. The molecule has 1 aromatic rings. The number of hydrogen-bond acceptors (Lipinski definition) is 2. The molecule has 1 fully saturated rings. The summed E-state index contributed by atoms with van der Waals surface area (Å²) in [4.78, 5) is 0. The van der Waals surface area contributed by atoms with Crippen molar-refractivity contribution in [3.63, 3.8) is 0 Å². The minimum absolute atomic E-state index is 0.367. The van der Waals surface area contributed by atoms with Crippen LogP contribution in [0.1, 0.15) is 50.3 Å². The van der Waals surface area contributed by atoms with Crippen molar-refractivity contribution in [2.75, 3.05) is 7.05 Å². The smallest absolute Gasteiger partial charge is 0.169 e. The molecular weight excluding hydrogens is 266 g/mol. The monoisotopic (exact) mass is 285 g/mol. The lowest BCUT2D eigenvalue weighted by molar-refractivity contribution is 0.368. The molecular formula is C13H20BrNO. The van der Waals surface area contributed by atoms with Gasteiger partial charge in [-0.15, -0.1) is 0 Å². The molecule has 0 spiro atoms. The Labute approximate surface area is 106 Å². The molecule has 2 nitrogen and oxygen atoms in total. The van der Waals surface area contributed by atoms with Gasteiger partial charge in [-0.05, 0) is 53.9 Å². The van der Waals surface area contributed by atoms with Gasteiger partial charge in [0.05, 0.1) is 6.04 Å². The highest BCUT2D eigenvalue weighted by Gasteiger charge is 2.19. The maximum atomic E-state index is 5.61. The average Bonchev–Trinajstić information content (AvgIpc) is 2.91. The first-order valence-electron chi connectivity index (χ1n) is 6.22. The third kappa shape index (κ3) is 3.11. The Balaban J connectivity index is 1.85. The van der Waals surface area contributed by atoms with Crippen LogP contribution in [-0.4, -0.2) is 7.05 Å². The van der Waals surface area contributed by atoms with E-state index >= 15 is 0 Å². The van der Waals surface area contributed by atoms with E-state index in [2.05, 4.69) is 27.3 Å². The van der Waals surface area contributed by atoms with Crippen molar-refractivity contribution >= 4 is 15.9 Å². The predicted molar refractivity (Wildman–Crippen MR) is 69.4 cm³/mol. The van der Waals surface area contributed by atoms with E-state index in [1.54, 1.807) is 0 Å². The van der Waals surface area contributed by atoms with Crippen molar-refractivity contribution in [3.05, 3.63) is 22.6 Å². The van der Waals surface area contributed by atoms with Crippen LogP contribution in [0.5, 0.6) is 0 Å².